The lowest BCUT2D eigenvalue weighted by molar-refractivity contribution is -0.0785. The van der Waals surface area contributed by atoms with E-state index in [1.165, 1.54) is 12.1 Å². The zero-order valence-electron chi connectivity index (χ0n) is 16.8. The van der Waals surface area contributed by atoms with Gasteiger partial charge in [0, 0.05) is 17.7 Å². The van der Waals surface area contributed by atoms with Crippen LogP contribution in [0.15, 0.2) is 35.6 Å². The van der Waals surface area contributed by atoms with Gasteiger partial charge in [0.15, 0.2) is 0 Å². The molecule has 0 bridgehead atoms. The number of halogens is 3. The van der Waals surface area contributed by atoms with Gasteiger partial charge in [0.25, 0.3) is 11.9 Å². The van der Waals surface area contributed by atoms with Gasteiger partial charge in [0.1, 0.15) is 29.8 Å². The zero-order valence-corrected chi connectivity index (χ0v) is 16.8. The van der Waals surface area contributed by atoms with Crippen LogP contribution in [0.25, 0.3) is 0 Å². The van der Waals surface area contributed by atoms with E-state index >= 15 is 0 Å². The number of fused-ring (bicyclic) bond motifs is 1. The van der Waals surface area contributed by atoms with Gasteiger partial charge in [-0.05, 0) is 18.2 Å². The van der Waals surface area contributed by atoms with Crippen molar-refractivity contribution in [1.82, 2.24) is 9.97 Å². The van der Waals surface area contributed by atoms with Crippen LogP contribution < -0.4 is 15.8 Å². The first-order valence-corrected chi connectivity index (χ1v) is 9.74. The first-order chi connectivity index (χ1) is 15.5. The van der Waals surface area contributed by atoms with E-state index in [0.717, 1.165) is 18.5 Å². The van der Waals surface area contributed by atoms with E-state index in [-0.39, 0.29) is 35.5 Å². The van der Waals surface area contributed by atoms with Crippen LogP contribution in [0.1, 0.15) is 22.5 Å². The SMILES string of the molecule is NC1=N[C@](CF)(c2cc(NC(=O)c3cnc(OCF)cn3)ccc2F)[C@H]2COCC[C@H]2O1. The lowest BCUT2D eigenvalue weighted by Crippen LogP contribution is -2.54. The highest BCUT2D eigenvalue weighted by atomic mass is 19.1. The van der Waals surface area contributed by atoms with E-state index in [9.17, 15) is 18.0 Å². The van der Waals surface area contributed by atoms with Crippen molar-refractivity contribution in [3.05, 3.63) is 47.7 Å². The summed E-state index contributed by atoms with van der Waals surface area (Å²) in [5.74, 6) is -2.07. The Labute approximate surface area is 180 Å². The molecule has 0 spiro atoms. The summed E-state index contributed by atoms with van der Waals surface area (Å²) in [6.07, 6.45) is 2.17. The van der Waals surface area contributed by atoms with Crippen LogP contribution in [0.4, 0.5) is 18.9 Å². The number of alkyl halides is 2. The Balaban J connectivity index is 1.64. The molecule has 1 fully saturated rings. The molecule has 2 aliphatic heterocycles. The minimum Gasteiger partial charge on any atom is -0.462 e. The topological polar surface area (TPSA) is 121 Å². The Morgan fingerprint density at radius 3 is 2.88 bits per heavy atom. The molecule has 2 aromatic rings. The number of aromatic nitrogens is 2. The van der Waals surface area contributed by atoms with Crippen LogP contribution >= 0.6 is 0 Å². The third-order valence-electron chi connectivity index (χ3n) is 5.45. The molecule has 3 N–H and O–H groups in total. The Hall–Kier alpha value is -3.41. The lowest BCUT2D eigenvalue weighted by Gasteiger charge is -2.45. The molecule has 1 saturated heterocycles. The van der Waals surface area contributed by atoms with Crippen LogP contribution in [-0.2, 0) is 15.0 Å². The fourth-order valence-corrected chi connectivity index (χ4v) is 3.92. The van der Waals surface area contributed by atoms with Gasteiger partial charge in [0.2, 0.25) is 12.7 Å². The normalized spacial score (nSPS) is 24.7. The van der Waals surface area contributed by atoms with Gasteiger partial charge >= 0.3 is 0 Å². The summed E-state index contributed by atoms with van der Waals surface area (Å²) in [7, 11) is 0. The van der Waals surface area contributed by atoms with Crippen molar-refractivity contribution >= 4 is 17.6 Å². The van der Waals surface area contributed by atoms with E-state index in [1.54, 1.807) is 0 Å². The molecule has 1 aromatic heterocycles. The van der Waals surface area contributed by atoms with Crippen molar-refractivity contribution in [2.24, 2.45) is 16.6 Å². The van der Waals surface area contributed by atoms with Crippen molar-refractivity contribution in [3.8, 4) is 5.88 Å². The standard InChI is InChI=1S/C20H20F3N5O4/c21-9-20(13-8-30-4-3-16(13)32-19(24)28-20)12-5-11(1-2-14(12)23)27-18(29)15-6-26-17(7-25-15)31-10-22/h1-2,5-7,13,16H,3-4,8-10H2,(H2,24,28)(H,27,29)/t13-,16+,20+/m0/s1. The minimum absolute atomic E-state index is 0.0812. The number of amides is 1. The smallest absolute Gasteiger partial charge is 0.283 e. The molecular weight excluding hydrogens is 431 g/mol. The Morgan fingerprint density at radius 2 is 2.16 bits per heavy atom. The van der Waals surface area contributed by atoms with E-state index in [1.807, 2.05) is 0 Å². The highest BCUT2D eigenvalue weighted by molar-refractivity contribution is 6.02. The zero-order chi connectivity index (χ0) is 22.7. The number of ether oxygens (including phenoxy) is 3. The second kappa shape index (κ2) is 8.99. The average molecular weight is 451 g/mol. The number of carbonyl (C=O) groups excluding carboxylic acids is 1. The molecule has 32 heavy (non-hydrogen) atoms. The summed E-state index contributed by atoms with van der Waals surface area (Å²) >= 11 is 0. The molecule has 0 saturated carbocycles. The second-order valence-electron chi connectivity index (χ2n) is 7.28. The Morgan fingerprint density at radius 1 is 1.31 bits per heavy atom. The van der Waals surface area contributed by atoms with Gasteiger partial charge in [0.05, 0.1) is 31.5 Å². The first kappa shape index (κ1) is 21.8. The van der Waals surface area contributed by atoms with Crippen molar-refractivity contribution in [1.29, 1.82) is 0 Å². The van der Waals surface area contributed by atoms with Gasteiger partial charge in [-0.25, -0.2) is 28.1 Å². The summed E-state index contributed by atoms with van der Waals surface area (Å²) in [5.41, 5.74) is 4.14. The fraction of sp³-hybridized carbons (Fsp3) is 0.400. The van der Waals surface area contributed by atoms with Gasteiger partial charge in [-0.2, -0.15) is 0 Å². The van der Waals surface area contributed by atoms with E-state index in [4.69, 9.17) is 15.2 Å². The number of nitrogens with two attached hydrogens (primary N) is 1. The minimum atomic E-state index is -1.66. The van der Waals surface area contributed by atoms with Crippen LogP contribution in [-0.4, -0.2) is 54.7 Å². The number of nitrogens with one attached hydrogen (secondary N) is 1. The molecule has 1 aromatic carbocycles. The quantitative estimate of drug-likeness (QED) is 0.690. The number of anilines is 1. The van der Waals surface area contributed by atoms with E-state index in [0.29, 0.717) is 13.0 Å². The summed E-state index contributed by atoms with van der Waals surface area (Å²) in [4.78, 5) is 24.3. The number of aliphatic imine (C=N–C) groups is 1. The summed E-state index contributed by atoms with van der Waals surface area (Å²) in [5, 5.41) is 2.55. The summed E-state index contributed by atoms with van der Waals surface area (Å²) in [6, 6.07) is 3.49. The molecule has 0 aliphatic carbocycles. The maximum atomic E-state index is 14.9. The van der Waals surface area contributed by atoms with Crippen LogP contribution in [0.2, 0.25) is 0 Å². The third kappa shape index (κ3) is 4.05. The number of amidine groups is 1. The van der Waals surface area contributed by atoms with Gasteiger partial charge in [-0.1, -0.05) is 0 Å². The molecule has 3 atom stereocenters. The molecule has 0 unspecified atom stereocenters. The number of rotatable bonds is 6. The molecule has 12 heteroatoms. The largest absolute Gasteiger partial charge is 0.462 e. The summed E-state index contributed by atoms with van der Waals surface area (Å²) < 4.78 is 57.1. The predicted molar refractivity (Wildman–Crippen MR) is 106 cm³/mol. The first-order valence-electron chi connectivity index (χ1n) is 9.74. The number of benzene rings is 1. The molecule has 3 heterocycles. The van der Waals surface area contributed by atoms with Crippen molar-refractivity contribution in [2.75, 3.05) is 32.1 Å². The Bertz CT molecular complexity index is 1020. The van der Waals surface area contributed by atoms with Crippen LogP contribution in [0.5, 0.6) is 5.88 Å². The van der Waals surface area contributed by atoms with Gasteiger partial charge in [-0.15, -0.1) is 0 Å². The van der Waals surface area contributed by atoms with Crippen molar-refractivity contribution in [3.63, 3.8) is 0 Å². The lowest BCUT2D eigenvalue weighted by atomic mass is 9.74. The molecule has 0 radical (unpaired) electrons. The van der Waals surface area contributed by atoms with Gasteiger partial charge in [-0.3, -0.25) is 4.79 Å². The predicted octanol–water partition coefficient (Wildman–Crippen LogP) is 2.09. The maximum Gasteiger partial charge on any atom is 0.283 e. The molecule has 2 aliphatic rings. The molecule has 170 valence electrons. The molecule has 4 rings (SSSR count). The average Bonchev–Trinajstić information content (AvgIpc) is 2.80. The highest BCUT2D eigenvalue weighted by Gasteiger charge is 2.52. The molecule has 1 amide bonds. The van der Waals surface area contributed by atoms with Crippen molar-refractivity contribution in [2.45, 2.75) is 18.1 Å². The number of hydrogen-bond acceptors (Lipinski definition) is 8. The molecular formula is C20H20F3N5O4. The Kier molecular flexibility index (Phi) is 6.12. The number of nitrogens with zero attached hydrogens (tertiary/aromatic N) is 3. The number of carbonyl (C=O) groups is 1. The second-order valence-corrected chi connectivity index (χ2v) is 7.28. The van der Waals surface area contributed by atoms with Crippen LogP contribution in [0.3, 0.4) is 0 Å². The summed E-state index contributed by atoms with van der Waals surface area (Å²) in [6.45, 7) is -1.60. The molecule has 9 nitrogen and oxygen atoms in total. The fourth-order valence-electron chi connectivity index (χ4n) is 3.92. The third-order valence-corrected chi connectivity index (χ3v) is 5.45. The van der Waals surface area contributed by atoms with Crippen molar-refractivity contribution < 1.29 is 32.2 Å². The number of hydrogen-bond donors (Lipinski definition) is 2. The van der Waals surface area contributed by atoms with E-state index < -0.39 is 42.8 Å². The monoisotopic (exact) mass is 451 g/mol. The van der Waals surface area contributed by atoms with Gasteiger partial charge < -0.3 is 25.3 Å². The highest BCUT2D eigenvalue weighted by Crippen LogP contribution is 2.44. The maximum absolute atomic E-state index is 14.9. The van der Waals surface area contributed by atoms with Crippen LogP contribution in [0, 0.1) is 11.7 Å². The van der Waals surface area contributed by atoms with E-state index in [2.05, 4.69) is 25.0 Å².